The fourth-order valence-corrected chi connectivity index (χ4v) is 2.25. The largest absolute Gasteiger partial charge is 0.384 e. The molecule has 5 heteroatoms. The summed E-state index contributed by atoms with van der Waals surface area (Å²) in [5.41, 5.74) is 9.96. The molecule has 3 aromatic rings. The minimum Gasteiger partial charge on any atom is -0.384 e. The van der Waals surface area contributed by atoms with E-state index >= 15 is 0 Å². The highest BCUT2D eigenvalue weighted by Crippen LogP contribution is 2.32. The van der Waals surface area contributed by atoms with E-state index in [9.17, 15) is 0 Å². The van der Waals surface area contributed by atoms with Gasteiger partial charge in [0.2, 0.25) is 0 Å². The topological polar surface area (TPSA) is 72.5 Å². The molecule has 0 fully saturated rings. The van der Waals surface area contributed by atoms with Crippen molar-refractivity contribution >= 4 is 16.7 Å². The van der Waals surface area contributed by atoms with Gasteiger partial charge in [0.25, 0.3) is 0 Å². The molecule has 2 heterocycles. The molecule has 86 valence electrons. The minimum atomic E-state index is 0.584. The van der Waals surface area contributed by atoms with E-state index in [-0.39, 0.29) is 0 Å². The van der Waals surface area contributed by atoms with Crippen molar-refractivity contribution in [3.05, 3.63) is 30.1 Å². The van der Waals surface area contributed by atoms with Crippen LogP contribution in [0.4, 0.5) is 5.82 Å². The number of hydrogen-bond acceptors (Lipinski definition) is 3. The Labute approximate surface area is 98.2 Å². The van der Waals surface area contributed by atoms with Crippen LogP contribution in [0.5, 0.6) is 0 Å². The molecule has 3 N–H and O–H groups in total. The van der Waals surface area contributed by atoms with Gasteiger partial charge < -0.3 is 5.73 Å². The molecule has 3 rings (SSSR count). The lowest BCUT2D eigenvalue weighted by molar-refractivity contribution is 0.783. The maximum Gasteiger partial charge on any atom is 0.126 e. The monoisotopic (exact) mass is 227 g/mol. The van der Waals surface area contributed by atoms with Gasteiger partial charge >= 0.3 is 0 Å². The average molecular weight is 227 g/mol. The number of aromatic nitrogens is 4. The highest BCUT2D eigenvalue weighted by Gasteiger charge is 2.13. The second-order valence-electron chi connectivity index (χ2n) is 4.11. The Bertz CT molecular complexity index is 692. The predicted octanol–water partition coefficient (Wildman–Crippen LogP) is 1.85. The molecule has 0 spiro atoms. The molecule has 0 bridgehead atoms. The van der Waals surface area contributed by atoms with Crippen molar-refractivity contribution < 1.29 is 0 Å². The van der Waals surface area contributed by atoms with Crippen LogP contribution in [0.3, 0.4) is 0 Å². The molecule has 0 amide bonds. The van der Waals surface area contributed by atoms with E-state index in [1.807, 2.05) is 30.8 Å². The molecule has 5 nitrogen and oxygen atoms in total. The van der Waals surface area contributed by atoms with Gasteiger partial charge in [-0.25, -0.2) is 0 Å². The van der Waals surface area contributed by atoms with Crippen LogP contribution in [-0.4, -0.2) is 20.0 Å². The number of aromatic amines is 1. The van der Waals surface area contributed by atoms with Crippen molar-refractivity contribution in [2.45, 2.75) is 6.92 Å². The second-order valence-corrected chi connectivity index (χ2v) is 4.11. The molecule has 2 aromatic heterocycles. The van der Waals surface area contributed by atoms with Crippen LogP contribution >= 0.6 is 0 Å². The number of nitrogens with zero attached hydrogens (tertiary/aromatic N) is 3. The Morgan fingerprint density at radius 2 is 2.12 bits per heavy atom. The van der Waals surface area contributed by atoms with Crippen molar-refractivity contribution in [2.24, 2.45) is 7.05 Å². The third kappa shape index (κ3) is 1.32. The molecule has 0 saturated carbocycles. The van der Waals surface area contributed by atoms with Crippen LogP contribution in [-0.2, 0) is 7.05 Å². The van der Waals surface area contributed by atoms with Crippen LogP contribution in [0.15, 0.2) is 24.4 Å². The Hall–Kier alpha value is -2.30. The first-order chi connectivity index (χ1) is 8.18. The lowest BCUT2D eigenvalue weighted by atomic mass is 10.0. The van der Waals surface area contributed by atoms with Gasteiger partial charge in [-0.1, -0.05) is 12.1 Å². The van der Waals surface area contributed by atoms with E-state index in [0.717, 1.165) is 27.7 Å². The van der Waals surface area contributed by atoms with Crippen molar-refractivity contribution in [1.82, 2.24) is 20.0 Å². The van der Waals surface area contributed by atoms with E-state index in [0.29, 0.717) is 5.82 Å². The van der Waals surface area contributed by atoms with Gasteiger partial charge in [0.05, 0.1) is 17.4 Å². The van der Waals surface area contributed by atoms with Crippen LogP contribution in [0.2, 0.25) is 0 Å². The number of anilines is 1. The van der Waals surface area contributed by atoms with Crippen molar-refractivity contribution in [3.8, 4) is 11.1 Å². The smallest absolute Gasteiger partial charge is 0.126 e. The fraction of sp³-hybridized carbons (Fsp3) is 0.167. The molecule has 0 aliphatic carbocycles. The molecule has 0 atom stereocenters. The van der Waals surface area contributed by atoms with Gasteiger partial charge in [-0.3, -0.25) is 9.78 Å². The van der Waals surface area contributed by atoms with E-state index in [1.165, 1.54) is 0 Å². The van der Waals surface area contributed by atoms with Gasteiger partial charge in [-0.15, -0.1) is 0 Å². The maximum absolute atomic E-state index is 5.88. The summed E-state index contributed by atoms with van der Waals surface area (Å²) in [7, 11) is 1.94. The van der Waals surface area contributed by atoms with Crippen molar-refractivity contribution in [1.29, 1.82) is 0 Å². The summed E-state index contributed by atoms with van der Waals surface area (Å²) in [6, 6.07) is 6.10. The van der Waals surface area contributed by atoms with E-state index in [4.69, 9.17) is 5.73 Å². The molecular formula is C12H13N5. The van der Waals surface area contributed by atoms with Crippen LogP contribution in [0.1, 0.15) is 5.69 Å². The van der Waals surface area contributed by atoms with Gasteiger partial charge in [-0.05, 0) is 18.6 Å². The second kappa shape index (κ2) is 3.35. The number of hydrogen-bond donors (Lipinski definition) is 2. The molecule has 17 heavy (non-hydrogen) atoms. The third-order valence-electron chi connectivity index (χ3n) is 3.01. The van der Waals surface area contributed by atoms with E-state index < -0.39 is 0 Å². The van der Waals surface area contributed by atoms with E-state index in [2.05, 4.69) is 21.4 Å². The first-order valence-electron chi connectivity index (χ1n) is 5.40. The standard InChI is InChI=1S/C12H13N5/c1-7-11-8(9-6-14-15-12(9)13)4-3-5-10(11)17(2)16-7/h3-6H,1-2H3,(H3,13,14,15). The summed E-state index contributed by atoms with van der Waals surface area (Å²) in [4.78, 5) is 0. The molecule has 0 saturated heterocycles. The normalized spacial score (nSPS) is 11.2. The Morgan fingerprint density at radius 3 is 2.82 bits per heavy atom. The van der Waals surface area contributed by atoms with Gasteiger partial charge in [0.1, 0.15) is 5.82 Å². The summed E-state index contributed by atoms with van der Waals surface area (Å²) in [5.74, 6) is 0.584. The zero-order valence-corrected chi connectivity index (χ0v) is 9.73. The Kier molecular flexibility index (Phi) is 1.95. The summed E-state index contributed by atoms with van der Waals surface area (Å²) in [6.07, 6.45) is 1.75. The molecule has 0 aliphatic rings. The highest BCUT2D eigenvalue weighted by molar-refractivity contribution is 5.98. The number of rotatable bonds is 1. The summed E-state index contributed by atoms with van der Waals surface area (Å²) in [5, 5.41) is 12.3. The van der Waals surface area contributed by atoms with Gasteiger partial charge in [0.15, 0.2) is 0 Å². The summed E-state index contributed by atoms with van der Waals surface area (Å²) in [6.45, 7) is 2.00. The highest BCUT2D eigenvalue weighted by atomic mass is 15.3. The lowest BCUT2D eigenvalue weighted by Crippen LogP contribution is -1.90. The van der Waals surface area contributed by atoms with E-state index in [1.54, 1.807) is 6.20 Å². The molecule has 0 aliphatic heterocycles. The number of aryl methyl sites for hydroxylation is 2. The minimum absolute atomic E-state index is 0.584. The predicted molar refractivity (Wildman–Crippen MR) is 67.4 cm³/mol. The molecule has 0 radical (unpaired) electrons. The molecule has 1 aromatic carbocycles. The summed E-state index contributed by atoms with van der Waals surface area (Å²) < 4.78 is 1.88. The van der Waals surface area contributed by atoms with Gasteiger partial charge in [0, 0.05) is 18.0 Å². The van der Waals surface area contributed by atoms with Crippen LogP contribution in [0, 0.1) is 6.92 Å². The SMILES string of the molecule is Cc1nn(C)c2cccc(-c3cn[nH]c3N)c12. The third-order valence-corrected chi connectivity index (χ3v) is 3.01. The quantitative estimate of drug-likeness (QED) is 0.666. The average Bonchev–Trinajstić information content (AvgIpc) is 2.85. The zero-order chi connectivity index (χ0) is 12.0. The lowest BCUT2D eigenvalue weighted by Gasteiger charge is -2.02. The van der Waals surface area contributed by atoms with Gasteiger partial charge in [-0.2, -0.15) is 10.2 Å². The number of benzene rings is 1. The summed E-state index contributed by atoms with van der Waals surface area (Å²) >= 11 is 0. The molecular weight excluding hydrogens is 214 g/mol. The molecule has 0 unspecified atom stereocenters. The first-order valence-corrected chi connectivity index (χ1v) is 5.40. The van der Waals surface area contributed by atoms with Crippen molar-refractivity contribution in [2.75, 3.05) is 5.73 Å². The fourth-order valence-electron chi connectivity index (χ4n) is 2.25. The number of nitrogens with one attached hydrogen (secondary N) is 1. The Balaban J connectivity index is 2.42. The zero-order valence-electron chi connectivity index (χ0n) is 9.73. The Morgan fingerprint density at radius 1 is 1.29 bits per heavy atom. The number of nitrogens with two attached hydrogens (primary N) is 1. The maximum atomic E-state index is 5.88. The number of H-pyrrole nitrogens is 1. The first kappa shape index (κ1) is 9.89. The van der Waals surface area contributed by atoms with Crippen LogP contribution in [0.25, 0.3) is 22.0 Å². The van der Waals surface area contributed by atoms with Crippen LogP contribution < -0.4 is 5.73 Å². The number of fused-ring (bicyclic) bond motifs is 1. The number of nitrogen functional groups attached to an aromatic ring is 1. The van der Waals surface area contributed by atoms with Crippen molar-refractivity contribution in [3.63, 3.8) is 0 Å².